The normalized spacial score (nSPS) is 21.5. The molecular formula is C12H22N2O3S. The monoisotopic (exact) mass is 274 g/mol. The Morgan fingerprint density at radius 3 is 2.72 bits per heavy atom. The third kappa shape index (κ3) is 3.54. The number of piperidine rings is 1. The SMILES string of the molecule is CSCC(C)N(C)C(=O)N1CCCCC1C(=O)O. The molecular weight excluding hydrogens is 252 g/mol. The third-order valence-corrected chi connectivity index (χ3v) is 4.22. The van der Waals surface area contributed by atoms with Gasteiger partial charge in [0.05, 0.1) is 0 Å². The van der Waals surface area contributed by atoms with E-state index >= 15 is 0 Å². The summed E-state index contributed by atoms with van der Waals surface area (Å²) in [4.78, 5) is 26.6. The number of carbonyl (C=O) groups excluding carboxylic acids is 1. The van der Waals surface area contributed by atoms with Crippen molar-refractivity contribution in [2.75, 3.05) is 25.6 Å². The molecule has 1 aliphatic rings. The molecule has 2 atom stereocenters. The molecule has 0 radical (unpaired) electrons. The molecule has 0 bridgehead atoms. The quantitative estimate of drug-likeness (QED) is 0.848. The van der Waals surface area contributed by atoms with Crippen molar-refractivity contribution < 1.29 is 14.7 Å². The largest absolute Gasteiger partial charge is 0.480 e. The highest BCUT2D eigenvalue weighted by atomic mass is 32.2. The molecule has 0 aromatic heterocycles. The van der Waals surface area contributed by atoms with Crippen LogP contribution in [-0.4, -0.2) is 64.6 Å². The Morgan fingerprint density at radius 2 is 2.17 bits per heavy atom. The standard InChI is InChI=1S/C12H22N2O3S/c1-9(8-18-3)13(2)12(17)14-7-5-4-6-10(14)11(15)16/h9-10H,4-8H2,1-3H3,(H,15,16). The van der Waals surface area contributed by atoms with Crippen molar-refractivity contribution in [3.8, 4) is 0 Å². The van der Waals surface area contributed by atoms with Crippen LogP contribution in [0.1, 0.15) is 26.2 Å². The minimum absolute atomic E-state index is 0.115. The summed E-state index contributed by atoms with van der Waals surface area (Å²) >= 11 is 1.68. The van der Waals surface area contributed by atoms with Gasteiger partial charge < -0.3 is 14.9 Å². The summed E-state index contributed by atoms with van der Waals surface area (Å²) in [5.74, 6) is -0.0395. The molecule has 1 N–H and O–H groups in total. The number of likely N-dealkylation sites (tertiary alicyclic amines) is 1. The van der Waals surface area contributed by atoms with Crippen molar-refractivity contribution in [2.45, 2.75) is 38.3 Å². The lowest BCUT2D eigenvalue weighted by atomic mass is 10.0. The lowest BCUT2D eigenvalue weighted by Gasteiger charge is -2.37. The number of carbonyl (C=O) groups is 2. The van der Waals surface area contributed by atoms with Crippen molar-refractivity contribution in [2.24, 2.45) is 0 Å². The number of aliphatic carboxylic acids is 1. The first-order chi connectivity index (χ1) is 8.49. The summed E-state index contributed by atoms with van der Waals surface area (Å²) in [6, 6.07) is -0.706. The Balaban J connectivity index is 2.70. The topological polar surface area (TPSA) is 60.9 Å². The van der Waals surface area contributed by atoms with Gasteiger partial charge >= 0.3 is 12.0 Å². The second kappa shape index (κ2) is 6.87. The number of thioether (sulfide) groups is 1. The van der Waals surface area contributed by atoms with Gasteiger partial charge in [0.25, 0.3) is 0 Å². The minimum atomic E-state index is -0.894. The van der Waals surface area contributed by atoms with Crippen molar-refractivity contribution in [3.05, 3.63) is 0 Å². The van der Waals surface area contributed by atoms with E-state index in [-0.39, 0.29) is 12.1 Å². The van der Waals surface area contributed by atoms with E-state index in [2.05, 4.69) is 0 Å². The van der Waals surface area contributed by atoms with Gasteiger partial charge in [-0.3, -0.25) is 0 Å². The minimum Gasteiger partial charge on any atom is -0.480 e. The zero-order chi connectivity index (χ0) is 13.7. The molecule has 104 valence electrons. The molecule has 1 rings (SSSR count). The fraction of sp³-hybridized carbons (Fsp3) is 0.833. The number of urea groups is 1. The van der Waals surface area contributed by atoms with Gasteiger partial charge in [0.1, 0.15) is 6.04 Å². The molecule has 2 amide bonds. The maximum absolute atomic E-state index is 12.3. The van der Waals surface area contributed by atoms with Crippen LogP contribution in [-0.2, 0) is 4.79 Å². The van der Waals surface area contributed by atoms with Gasteiger partial charge in [-0.15, -0.1) is 0 Å². The van der Waals surface area contributed by atoms with E-state index in [0.29, 0.717) is 13.0 Å². The van der Waals surface area contributed by atoms with Crippen LogP contribution in [0.3, 0.4) is 0 Å². The molecule has 0 spiro atoms. The number of rotatable bonds is 4. The Morgan fingerprint density at radius 1 is 1.50 bits per heavy atom. The lowest BCUT2D eigenvalue weighted by molar-refractivity contribution is -0.143. The van der Waals surface area contributed by atoms with Crippen LogP contribution in [0.2, 0.25) is 0 Å². The number of amides is 2. The Bertz CT molecular complexity index is 312. The smallest absolute Gasteiger partial charge is 0.326 e. The highest BCUT2D eigenvalue weighted by Crippen LogP contribution is 2.19. The van der Waals surface area contributed by atoms with Crippen LogP contribution in [0, 0.1) is 0 Å². The van der Waals surface area contributed by atoms with Crippen molar-refractivity contribution in [1.29, 1.82) is 0 Å². The summed E-state index contributed by atoms with van der Waals surface area (Å²) in [6.07, 6.45) is 4.33. The average Bonchev–Trinajstić information content (AvgIpc) is 2.37. The van der Waals surface area contributed by atoms with Crippen LogP contribution in [0.4, 0.5) is 4.79 Å². The summed E-state index contributed by atoms with van der Waals surface area (Å²) in [7, 11) is 1.75. The molecule has 2 unspecified atom stereocenters. The van der Waals surface area contributed by atoms with Gasteiger partial charge in [-0.25, -0.2) is 9.59 Å². The predicted octanol–water partition coefficient (Wildman–Crippen LogP) is 1.73. The maximum atomic E-state index is 12.3. The van der Waals surface area contributed by atoms with E-state index in [1.807, 2.05) is 13.2 Å². The molecule has 0 aromatic rings. The molecule has 0 aromatic carbocycles. The van der Waals surface area contributed by atoms with Crippen LogP contribution < -0.4 is 0 Å². The molecule has 5 nitrogen and oxygen atoms in total. The lowest BCUT2D eigenvalue weighted by Crippen LogP contribution is -2.54. The molecule has 6 heteroatoms. The molecule has 1 heterocycles. The first-order valence-corrected chi connectivity index (χ1v) is 7.63. The third-order valence-electron chi connectivity index (χ3n) is 3.40. The number of carboxylic acid groups (broad SMARTS) is 1. The van der Waals surface area contributed by atoms with Crippen molar-refractivity contribution in [3.63, 3.8) is 0 Å². The van der Waals surface area contributed by atoms with Gasteiger partial charge in [-0.2, -0.15) is 11.8 Å². The van der Waals surface area contributed by atoms with Gasteiger partial charge in [-0.1, -0.05) is 0 Å². The fourth-order valence-corrected chi connectivity index (χ4v) is 2.87. The first kappa shape index (κ1) is 15.1. The van der Waals surface area contributed by atoms with E-state index in [4.69, 9.17) is 5.11 Å². The van der Waals surface area contributed by atoms with Crippen LogP contribution >= 0.6 is 11.8 Å². The Kier molecular flexibility index (Phi) is 5.78. The summed E-state index contributed by atoms with van der Waals surface area (Å²) in [5, 5.41) is 9.16. The van der Waals surface area contributed by atoms with Gasteiger partial charge in [0, 0.05) is 25.4 Å². The fourth-order valence-electron chi connectivity index (χ4n) is 2.16. The number of hydrogen-bond donors (Lipinski definition) is 1. The van der Waals surface area contributed by atoms with Crippen LogP contribution in [0.25, 0.3) is 0 Å². The maximum Gasteiger partial charge on any atom is 0.326 e. The zero-order valence-electron chi connectivity index (χ0n) is 11.3. The van der Waals surface area contributed by atoms with Gasteiger partial charge in [0.15, 0.2) is 0 Å². The number of nitrogens with zero attached hydrogens (tertiary/aromatic N) is 2. The van der Waals surface area contributed by atoms with E-state index in [1.165, 1.54) is 4.90 Å². The predicted molar refractivity (Wildman–Crippen MR) is 73.0 cm³/mol. The first-order valence-electron chi connectivity index (χ1n) is 6.24. The van der Waals surface area contributed by atoms with E-state index in [9.17, 15) is 9.59 Å². The van der Waals surface area contributed by atoms with Crippen molar-refractivity contribution in [1.82, 2.24) is 9.80 Å². The molecule has 1 saturated heterocycles. The van der Waals surface area contributed by atoms with Crippen molar-refractivity contribution >= 4 is 23.8 Å². The van der Waals surface area contributed by atoms with Crippen LogP contribution in [0.15, 0.2) is 0 Å². The average molecular weight is 274 g/mol. The second-order valence-corrected chi connectivity index (χ2v) is 5.65. The second-order valence-electron chi connectivity index (χ2n) is 4.74. The summed E-state index contributed by atoms with van der Waals surface area (Å²) in [5.41, 5.74) is 0. The van der Waals surface area contributed by atoms with E-state index in [0.717, 1.165) is 18.6 Å². The molecule has 0 aliphatic carbocycles. The molecule has 18 heavy (non-hydrogen) atoms. The zero-order valence-corrected chi connectivity index (χ0v) is 12.1. The van der Waals surface area contributed by atoms with Gasteiger partial charge in [0.2, 0.25) is 0 Å². The molecule has 1 aliphatic heterocycles. The number of hydrogen-bond acceptors (Lipinski definition) is 3. The Hall–Kier alpha value is -0.910. The van der Waals surface area contributed by atoms with Gasteiger partial charge in [-0.05, 0) is 32.4 Å². The highest BCUT2D eigenvalue weighted by molar-refractivity contribution is 7.98. The van der Waals surface area contributed by atoms with Crippen LogP contribution in [0.5, 0.6) is 0 Å². The molecule has 0 saturated carbocycles. The summed E-state index contributed by atoms with van der Waals surface area (Å²) in [6.45, 7) is 2.53. The highest BCUT2D eigenvalue weighted by Gasteiger charge is 2.34. The number of carboxylic acids is 1. The Labute approximate surface area is 113 Å². The molecule has 1 fully saturated rings. The summed E-state index contributed by atoms with van der Waals surface area (Å²) < 4.78 is 0. The van der Waals surface area contributed by atoms with E-state index < -0.39 is 12.0 Å². The van der Waals surface area contributed by atoms with E-state index in [1.54, 1.807) is 23.7 Å².